The summed E-state index contributed by atoms with van der Waals surface area (Å²) in [4.78, 5) is 6.91. The van der Waals surface area contributed by atoms with Crippen molar-refractivity contribution in [3.05, 3.63) is 42.1 Å². The quantitative estimate of drug-likeness (QED) is 0.782. The number of rotatable bonds is 4. The summed E-state index contributed by atoms with van der Waals surface area (Å²) in [5, 5.41) is 1.18. The summed E-state index contributed by atoms with van der Waals surface area (Å²) in [7, 11) is 2.08. The fourth-order valence-electron chi connectivity index (χ4n) is 1.76. The second kappa shape index (κ2) is 5.25. The molecule has 2 rings (SSSR count). The highest BCUT2D eigenvalue weighted by Gasteiger charge is 2.22. The van der Waals surface area contributed by atoms with Crippen LogP contribution in [0, 0.1) is 0 Å². The number of para-hydroxylation sites is 1. The molecule has 0 spiro atoms. The van der Waals surface area contributed by atoms with Gasteiger partial charge in [-0.25, -0.2) is 0 Å². The normalized spacial score (nSPS) is 12.3. The van der Waals surface area contributed by atoms with Crippen LogP contribution in [-0.4, -0.2) is 28.4 Å². The van der Waals surface area contributed by atoms with Gasteiger partial charge in [-0.05, 0) is 33.0 Å². The second-order valence-electron chi connectivity index (χ2n) is 5.30. The molecule has 0 atom stereocenters. The van der Waals surface area contributed by atoms with Crippen LogP contribution < -0.4 is 0 Å². The molecule has 0 unspecified atom stereocenters. The highest BCUT2D eigenvalue weighted by Crippen LogP contribution is 2.18. The predicted octanol–water partition coefficient (Wildman–Crippen LogP) is 3.68. The van der Waals surface area contributed by atoms with Gasteiger partial charge in [0.1, 0.15) is 0 Å². The minimum absolute atomic E-state index is 0.0190. The Kier molecular flexibility index (Phi) is 3.88. The minimum atomic E-state index is -0.0190. The minimum Gasteiger partial charge on any atom is -0.294 e. The summed E-state index contributed by atoms with van der Waals surface area (Å²) in [5.74, 6) is 0.608. The number of benzene rings is 1. The van der Waals surface area contributed by atoms with Gasteiger partial charge in [0.05, 0.1) is 11.2 Å². The Morgan fingerprint density at radius 3 is 2.61 bits per heavy atom. The fourth-order valence-corrected chi connectivity index (χ4v) is 1.96. The molecule has 1 heterocycles. The lowest BCUT2D eigenvalue weighted by molar-refractivity contribution is 0.169. The maximum atomic E-state index is 5.99. The smallest absolute Gasteiger partial charge is 0.0705 e. The molecule has 0 radical (unpaired) electrons. The van der Waals surface area contributed by atoms with Crippen LogP contribution in [0.25, 0.3) is 10.9 Å². The van der Waals surface area contributed by atoms with E-state index in [1.807, 2.05) is 18.2 Å². The van der Waals surface area contributed by atoms with Crippen LogP contribution in [0.15, 0.2) is 36.4 Å². The lowest BCUT2D eigenvalue weighted by Crippen LogP contribution is -2.42. The summed E-state index contributed by atoms with van der Waals surface area (Å²) >= 11 is 5.99. The summed E-state index contributed by atoms with van der Waals surface area (Å²) in [6.45, 7) is 5.09. The third kappa shape index (κ3) is 2.82. The molecule has 1 aromatic heterocycles. The van der Waals surface area contributed by atoms with Gasteiger partial charge in [-0.3, -0.25) is 9.88 Å². The maximum absolute atomic E-state index is 5.99. The van der Waals surface area contributed by atoms with E-state index < -0.39 is 0 Å². The van der Waals surface area contributed by atoms with Gasteiger partial charge in [-0.2, -0.15) is 0 Å². The Morgan fingerprint density at radius 1 is 1.17 bits per heavy atom. The van der Waals surface area contributed by atoms with Gasteiger partial charge in [0.15, 0.2) is 0 Å². The first-order chi connectivity index (χ1) is 8.53. The lowest BCUT2D eigenvalue weighted by Gasteiger charge is -2.33. The molecule has 0 bridgehead atoms. The largest absolute Gasteiger partial charge is 0.294 e. The maximum Gasteiger partial charge on any atom is 0.0705 e. The Labute approximate surface area is 114 Å². The molecule has 18 heavy (non-hydrogen) atoms. The van der Waals surface area contributed by atoms with Crippen LogP contribution in [0.3, 0.4) is 0 Å². The van der Waals surface area contributed by atoms with E-state index in [9.17, 15) is 0 Å². The van der Waals surface area contributed by atoms with Gasteiger partial charge in [0, 0.05) is 23.3 Å². The predicted molar refractivity (Wildman–Crippen MR) is 78.0 cm³/mol. The van der Waals surface area contributed by atoms with Crippen molar-refractivity contribution in [2.24, 2.45) is 0 Å². The van der Waals surface area contributed by atoms with Crippen LogP contribution in [0.5, 0.6) is 0 Å². The Balaban J connectivity index is 2.22. The number of halogens is 1. The molecule has 0 N–H and O–H groups in total. The number of hydrogen-bond acceptors (Lipinski definition) is 2. The summed E-state index contributed by atoms with van der Waals surface area (Å²) in [6.07, 6.45) is 0. The average Bonchev–Trinajstić information content (AvgIpc) is 2.38. The molecule has 0 aliphatic heterocycles. The Bertz CT molecular complexity index is 537. The molecule has 0 saturated carbocycles. The monoisotopic (exact) mass is 262 g/mol. The Hall–Kier alpha value is -1.12. The molecule has 0 aliphatic rings. The van der Waals surface area contributed by atoms with Crippen molar-refractivity contribution in [1.29, 1.82) is 0 Å². The molecule has 2 aromatic rings. The number of alkyl halides is 1. The highest BCUT2D eigenvalue weighted by atomic mass is 35.5. The molecule has 3 heteroatoms. The van der Waals surface area contributed by atoms with Crippen LogP contribution in [-0.2, 0) is 6.54 Å². The topological polar surface area (TPSA) is 16.1 Å². The molecule has 0 fully saturated rings. The molecular formula is C15H19ClN2. The van der Waals surface area contributed by atoms with Gasteiger partial charge in [0.25, 0.3) is 0 Å². The number of nitrogens with zero attached hydrogens (tertiary/aromatic N) is 2. The molecule has 0 aliphatic carbocycles. The molecule has 0 amide bonds. The van der Waals surface area contributed by atoms with E-state index in [1.54, 1.807) is 0 Å². The number of fused-ring (bicyclic) bond motifs is 1. The summed E-state index contributed by atoms with van der Waals surface area (Å²) < 4.78 is 0. The highest BCUT2D eigenvalue weighted by molar-refractivity contribution is 6.18. The molecule has 2 nitrogen and oxygen atoms in total. The molecule has 96 valence electrons. The van der Waals surface area contributed by atoms with E-state index >= 15 is 0 Å². The first kappa shape index (κ1) is 13.3. The third-order valence-electron chi connectivity index (χ3n) is 3.42. The third-order valence-corrected chi connectivity index (χ3v) is 4.07. The van der Waals surface area contributed by atoms with Crippen molar-refractivity contribution in [3.8, 4) is 0 Å². The van der Waals surface area contributed by atoms with E-state index in [-0.39, 0.29) is 5.54 Å². The van der Waals surface area contributed by atoms with Crippen molar-refractivity contribution in [1.82, 2.24) is 9.88 Å². The van der Waals surface area contributed by atoms with E-state index in [4.69, 9.17) is 11.6 Å². The van der Waals surface area contributed by atoms with Crippen molar-refractivity contribution < 1.29 is 0 Å². The van der Waals surface area contributed by atoms with Crippen LogP contribution in [0.4, 0.5) is 0 Å². The molecule has 0 saturated heterocycles. The van der Waals surface area contributed by atoms with Crippen molar-refractivity contribution in [2.75, 3.05) is 12.9 Å². The molecular weight excluding hydrogens is 244 g/mol. The van der Waals surface area contributed by atoms with Crippen molar-refractivity contribution >= 4 is 22.5 Å². The van der Waals surface area contributed by atoms with E-state index in [0.29, 0.717) is 5.88 Å². The fraction of sp³-hybridized carbons (Fsp3) is 0.400. The average molecular weight is 263 g/mol. The summed E-state index contributed by atoms with van der Waals surface area (Å²) in [6, 6.07) is 12.4. The standard InChI is InChI=1S/C15H19ClN2/c1-15(2,11-16)18(3)10-13-9-8-12-6-4-5-7-14(12)17-13/h4-9H,10-11H2,1-3H3. The Morgan fingerprint density at radius 2 is 1.89 bits per heavy atom. The zero-order valence-corrected chi connectivity index (χ0v) is 11.9. The zero-order chi connectivity index (χ0) is 13.2. The van der Waals surface area contributed by atoms with Gasteiger partial charge in [-0.1, -0.05) is 24.3 Å². The van der Waals surface area contributed by atoms with Crippen LogP contribution in [0.1, 0.15) is 19.5 Å². The van der Waals surface area contributed by atoms with Gasteiger partial charge in [0.2, 0.25) is 0 Å². The van der Waals surface area contributed by atoms with Gasteiger partial charge >= 0.3 is 0 Å². The first-order valence-corrected chi connectivity index (χ1v) is 6.68. The van der Waals surface area contributed by atoms with Crippen LogP contribution >= 0.6 is 11.6 Å². The number of hydrogen-bond donors (Lipinski definition) is 0. The summed E-state index contributed by atoms with van der Waals surface area (Å²) in [5.41, 5.74) is 2.11. The van der Waals surface area contributed by atoms with Gasteiger partial charge in [-0.15, -0.1) is 11.6 Å². The van der Waals surface area contributed by atoms with Crippen molar-refractivity contribution in [3.63, 3.8) is 0 Å². The first-order valence-electron chi connectivity index (χ1n) is 6.15. The zero-order valence-electron chi connectivity index (χ0n) is 11.2. The van der Waals surface area contributed by atoms with Gasteiger partial charge < -0.3 is 0 Å². The SMILES string of the molecule is CN(Cc1ccc2ccccc2n1)C(C)(C)CCl. The second-order valence-corrected chi connectivity index (χ2v) is 5.56. The van der Waals surface area contributed by atoms with Crippen LogP contribution in [0.2, 0.25) is 0 Å². The van der Waals surface area contributed by atoms with E-state index in [2.05, 4.69) is 49.0 Å². The van der Waals surface area contributed by atoms with Crippen molar-refractivity contribution in [2.45, 2.75) is 25.9 Å². The molecule has 1 aromatic carbocycles. The number of aromatic nitrogens is 1. The number of pyridine rings is 1. The van der Waals surface area contributed by atoms with E-state index in [1.165, 1.54) is 5.39 Å². The lowest BCUT2D eigenvalue weighted by atomic mass is 10.1. The van der Waals surface area contributed by atoms with E-state index in [0.717, 1.165) is 17.8 Å².